The van der Waals surface area contributed by atoms with Gasteiger partial charge in [-0.3, -0.25) is 14.3 Å². The van der Waals surface area contributed by atoms with Crippen LogP contribution in [0.3, 0.4) is 0 Å². The first-order valence-corrected chi connectivity index (χ1v) is 8.47. The second-order valence-corrected chi connectivity index (χ2v) is 6.23. The zero-order chi connectivity index (χ0) is 19.7. The van der Waals surface area contributed by atoms with E-state index in [9.17, 15) is 9.59 Å². The Morgan fingerprint density at radius 3 is 2.67 bits per heavy atom. The van der Waals surface area contributed by atoms with Gasteiger partial charge >= 0.3 is 0 Å². The largest absolute Gasteiger partial charge is 0.479 e. The van der Waals surface area contributed by atoms with Crippen LogP contribution in [0, 0.1) is 12.8 Å². The molecule has 1 atom stereocenters. The minimum atomic E-state index is -0.420. The molecule has 0 spiro atoms. The third-order valence-electron chi connectivity index (χ3n) is 4.19. The van der Waals surface area contributed by atoms with Crippen molar-refractivity contribution in [2.24, 2.45) is 23.0 Å². The highest BCUT2D eigenvalue weighted by Gasteiger charge is 2.27. The summed E-state index contributed by atoms with van der Waals surface area (Å²) in [6.45, 7) is 5.47. The molecule has 142 valence electrons. The molecule has 10 heteroatoms. The van der Waals surface area contributed by atoms with Crippen LogP contribution in [0.4, 0.5) is 5.82 Å². The molecule has 0 bridgehead atoms. The molecule has 2 aromatic rings. The van der Waals surface area contributed by atoms with Crippen molar-refractivity contribution in [1.82, 2.24) is 19.6 Å². The number of anilines is 1. The van der Waals surface area contributed by atoms with Crippen LogP contribution in [0.15, 0.2) is 22.2 Å². The molecule has 10 nitrogen and oxygen atoms in total. The van der Waals surface area contributed by atoms with E-state index in [0.29, 0.717) is 23.6 Å². The van der Waals surface area contributed by atoms with Gasteiger partial charge in [0.25, 0.3) is 17.8 Å². The van der Waals surface area contributed by atoms with Crippen LogP contribution in [0.5, 0.6) is 5.88 Å². The average molecular weight is 371 g/mol. The Labute approximate surface area is 155 Å². The van der Waals surface area contributed by atoms with Crippen molar-refractivity contribution in [3.8, 4) is 5.88 Å². The number of aliphatic imine (C=N–C) groups is 2. The van der Waals surface area contributed by atoms with Gasteiger partial charge in [0.15, 0.2) is 0 Å². The lowest BCUT2D eigenvalue weighted by molar-refractivity contribution is -0.119. The summed E-state index contributed by atoms with van der Waals surface area (Å²) < 4.78 is 7.96. The molecule has 0 aliphatic carbocycles. The number of nitrogens with one attached hydrogen (secondary N) is 1. The van der Waals surface area contributed by atoms with Crippen LogP contribution in [-0.4, -0.2) is 50.2 Å². The van der Waals surface area contributed by atoms with E-state index in [1.165, 1.54) is 16.5 Å². The van der Waals surface area contributed by atoms with Crippen LogP contribution in [0.2, 0.25) is 0 Å². The number of carbonyl (C=O) groups is 2. The van der Waals surface area contributed by atoms with Gasteiger partial charge in [0.1, 0.15) is 11.4 Å². The lowest BCUT2D eigenvalue weighted by atomic mass is 10.00. The van der Waals surface area contributed by atoms with Gasteiger partial charge in [-0.1, -0.05) is 6.92 Å². The van der Waals surface area contributed by atoms with Gasteiger partial charge in [-0.15, -0.1) is 5.10 Å². The molecule has 1 aliphatic rings. The number of ether oxygens (including phenoxy) is 1. The number of rotatable bonds is 4. The van der Waals surface area contributed by atoms with Crippen LogP contribution < -0.4 is 10.1 Å². The number of nitrogens with zero attached hydrogens (tertiary/aromatic N) is 6. The summed E-state index contributed by atoms with van der Waals surface area (Å²) in [5, 5.41) is 11.1. The summed E-state index contributed by atoms with van der Waals surface area (Å²) in [7, 11) is 3.13. The molecular formula is C17H21N7O3. The maximum atomic E-state index is 12.7. The van der Waals surface area contributed by atoms with Gasteiger partial charge in [0, 0.05) is 25.0 Å². The Hall–Kier alpha value is -3.30. The molecule has 1 N–H and O–H groups in total. The first kappa shape index (κ1) is 18.5. The number of methoxy groups -OCH3 is 1. The molecule has 2 aromatic heterocycles. The molecule has 0 fully saturated rings. The fourth-order valence-corrected chi connectivity index (χ4v) is 2.88. The summed E-state index contributed by atoms with van der Waals surface area (Å²) in [4.78, 5) is 33.3. The summed E-state index contributed by atoms with van der Waals surface area (Å²) in [6, 6.07) is 1.67. The van der Waals surface area contributed by atoms with Crippen molar-refractivity contribution in [1.29, 1.82) is 0 Å². The number of carbonyl (C=O) groups excluding carboxylic acids is 2. The highest BCUT2D eigenvalue weighted by Crippen LogP contribution is 2.20. The number of aromatic nitrogens is 4. The minimum absolute atomic E-state index is 0.128. The first-order valence-electron chi connectivity index (χ1n) is 8.47. The van der Waals surface area contributed by atoms with E-state index in [0.717, 1.165) is 0 Å². The summed E-state index contributed by atoms with van der Waals surface area (Å²) >= 11 is 0. The van der Waals surface area contributed by atoms with Gasteiger partial charge in [-0.05, 0) is 20.3 Å². The molecule has 0 saturated heterocycles. The zero-order valence-corrected chi connectivity index (χ0v) is 15.8. The normalized spacial score (nSPS) is 16.8. The molecule has 1 unspecified atom stereocenters. The van der Waals surface area contributed by atoms with Crippen molar-refractivity contribution in [3.63, 3.8) is 0 Å². The molecule has 2 amide bonds. The zero-order valence-electron chi connectivity index (χ0n) is 15.8. The monoisotopic (exact) mass is 371 g/mol. The molecule has 3 heterocycles. The van der Waals surface area contributed by atoms with E-state index in [-0.39, 0.29) is 29.2 Å². The average Bonchev–Trinajstić information content (AvgIpc) is 3.16. The molecular weight excluding hydrogens is 350 g/mol. The maximum absolute atomic E-state index is 12.7. The van der Waals surface area contributed by atoms with Crippen molar-refractivity contribution in [2.75, 3.05) is 12.4 Å². The van der Waals surface area contributed by atoms with E-state index >= 15 is 0 Å². The van der Waals surface area contributed by atoms with E-state index in [1.807, 2.05) is 6.92 Å². The standard InChI is InChI=1S/C17H21N7O3/c1-6-11-10(3)18-17(20-14(11)25)24-13(7-9(2)21-24)19-15(26)12-8-23(4)22-16(12)27-5/h7-8,11H,6H2,1-5H3,(H,19,26). The lowest BCUT2D eigenvalue weighted by Gasteiger charge is -2.17. The first-order chi connectivity index (χ1) is 12.8. The van der Waals surface area contributed by atoms with Crippen molar-refractivity contribution >= 4 is 29.3 Å². The Morgan fingerprint density at radius 2 is 2.04 bits per heavy atom. The van der Waals surface area contributed by atoms with E-state index in [1.54, 1.807) is 33.2 Å². The third-order valence-corrected chi connectivity index (χ3v) is 4.19. The van der Waals surface area contributed by atoms with Gasteiger partial charge in [-0.2, -0.15) is 14.8 Å². The Kier molecular flexibility index (Phi) is 4.89. The SMILES string of the molecule is CCC1C(=O)N=C(n2nc(C)cc2NC(=O)c2cn(C)nc2OC)N=C1C. The molecule has 3 rings (SSSR count). The number of amides is 2. The number of aryl methyl sites for hydroxylation is 2. The summed E-state index contributed by atoms with van der Waals surface area (Å²) in [5.74, 6) is -0.314. The fourth-order valence-electron chi connectivity index (χ4n) is 2.88. The molecule has 1 aliphatic heterocycles. The van der Waals surface area contributed by atoms with Crippen LogP contribution >= 0.6 is 0 Å². The second-order valence-electron chi connectivity index (χ2n) is 6.23. The predicted octanol–water partition coefficient (Wildman–Crippen LogP) is 1.42. The van der Waals surface area contributed by atoms with Gasteiger partial charge in [0.2, 0.25) is 5.88 Å². The van der Waals surface area contributed by atoms with Gasteiger partial charge < -0.3 is 10.1 Å². The highest BCUT2D eigenvalue weighted by molar-refractivity contribution is 6.16. The van der Waals surface area contributed by atoms with Crippen LogP contribution in [-0.2, 0) is 11.8 Å². The van der Waals surface area contributed by atoms with Crippen molar-refractivity contribution < 1.29 is 14.3 Å². The molecule has 0 saturated carbocycles. The predicted molar refractivity (Wildman–Crippen MR) is 99.4 cm³/mol. The maximum Gasteiger partial charge on any atom is 0.263 e. The fraction of sp³-hybridized carbons (Fsp3) is 0.412. The van der Waals surface area contributed by atoms with Crippen molar-refractivity contribution in [3.05, 3.63) is 23.5 Å². The Balaban J connectivity index is 1.93. The highest BCUT2D eigenvalue weighted by atomic mass is 16.5. The van der Waals surface area contributed by atoms with Crippen LogP contribution in [0.1, 0.15) is 36.3 Å². The van der Waals surface area contributed by atoms with Crippen LogP contribution in [0.25, 0.3) is 0 Å². The minimum Gasteiger partial charge on any atom is -0.479 e. The lowest BCUT2D eigenvalue weighted by Crippen LogP contribution is -2.30. The number of hydrogen-bond acceptors (Lipinski definition) is 6. The summed E-state index contributed by atoms with van der Waals surface area (Å²) in [5.41, 5.74) is 1.59. The van der Waals surface area contributed by atoms with E-state index in [2.05, 4.69) is 25.5 Å². The van der Waals surface area contributed by atoms with E-state index < -0.39 is 5.91 Å². The molecule has 0 aromatic carbocycles. The van der Waals surface area contributed by atoms with Crippen molar-refractivity contribution in [2.45, 2.75) is 27.2 Å². The quantitative estimate of drug-likeness (QED) is 0.872. The third kappa shape index (κ3) is 3.50. The smallest absolute Gasteiger partial charge is 0.263 e. The molecule has 27 heavy (non-hydrogen) atoms. The molecule has 0 radical (unpaired) electrons. The topological polar surface area (TPSA) is 116 Å². The van der Waals surface area contributed by atoms with Gasteiger partial charge in [-0.25, -0.2) is 4.99 Å². The van der Waals surface area contributed by atoms with Gasteiger partial charge in [0.05, 0.1) is 18.7 Å². The Bertz CT molecular complexity index is 967. The second kappa shape index (κ2) is 7.14. The summed E-state index contributed by atoms with van der Waals surface area (Å²) in [6.07, 6.45) is 2.19. The Morgan fingerprint density at radius 1 is 1.30 bits per heavy atom. The van der Waals surface area contributed by atoms with E-state index in [4.69, 9.17) is 4.74 Å². The number of hydrogen-bond donors (Lipinski definition) is 1.